The summed E-state index contributed by atoms with van der Waals surface area (Å²) in [5.74, 6) is -0.127. The quantitative estimate of drug-likeness (QED) is 0.772. The van der Waals surface area contributed by atoms with Crippen LogP contribution in [0.2, 0.25) is 0 Å². The molecule has 2 heterocycles. The highest BCUT2D eigenvalue weighted by molar-refractivity contribution is 5.94. The monoisotopic (exact) mass is 365 g/mol. The fraction of sp³-hybridized carbons (Fsp3) is 0.789. The molecule has 146 valence electrons. The summed E-state index contributed by atoms with van der Waals surface area (Å²) >= 11 is 0. The van der Waals surface area contributed by atoms with Gasteiger partial charge in [0.15, 0.2) is 0 Å². The first kappa shape index (κ1) is 19.3. The molecule has 0 bridgehead atoms. The van der Waals surface area contributed by atoms with E-state index in [0.29, 0.717) is 38.2 Å². The van der Waals surface area contributed by atoms with E-state index in [9.17, 15) is 9.90 Å². The van der Waals surface area contributed by atoms with Gasteiger partial charge in [0.2, 0.25) is 0 Å². The normalized spacial score (nSPS) is 24.5. The van der Waals surface area contributed by atoms with Crippen LogP contribution in [0.3, 0.4) is 0 Å². The Kier molecular flexibility index (Phi) is 5.99. The number of nitrogens with one attached hydrogen (secondary N) is 1. The van der Waals surface area contributed by atoms with Crippen LogP contribution in [0.1, 0.15) is 73.8 Å². The van der Waals surface area contributed by atoms with Gasteiger partial charge in [-0.05, 0) is 33.1 Å². The first-order chi connectivity index (χ1) is 12.4. The minimum atomic E-state index is -0.611. The van der Waals surface area contributed by atoms with Crippen molar-refractivity contribution in [3.05, 3.63) is 17.0 Å². The topological polar surface area (TPSA) is 85.6 Å². The Morgan fingerprint density at radius 3 is 2.85 bits per heavy atom. The largest absolute Gasteiger partial charge is 0.390 e. The molecule has 0 radical (unpaired) electrons. The second kappa shape index (κ2) is 8.06. The van der Waals surface area contributed by atoms with Gasteiger partial charge in [0, 0.05) is 25.6 Å². The molecule has 26 heavy (non-hydrogen) atoms. The standard InChI is InChI=1S/C19H31N3O4/c1-13-12-15-16(14(2)26-13)21-22(10-11-25-3)17(15)18(23)20-9-8-19(24)6-4-5-7-19/h13-14,24H,4-12H2,1-3H3,(H,20,23)/t13-,14+/m0/s1. The number of aliphatic hydroxyl groups is 1. The number of methoxy groups -OCH3 is 1. The molecule has 0 unspecified atom stereocenters. The van der Waals surface area contributed by atoms with Crippen LogP contribution < -0.4 is 5.32 Å². The second-order valence-electron chi connectivity index (χ2n) is 7.66. The molecule has 1 aromatic rings. The molecule has 0 spiro atoms. The van der Waals surface area contributed by atoms with Crippen molar-refractivity contribution in [3.63, 3.8) is 0 Å². The van der Waals surface area contributed by atoms with Crippen LogP contribution in [0.15, 0.2) is 0 Å². The van der Waals surface area contributed by atoms with E-state index in [4.69, 9.17) is 9.47 Å². The van der Waals surface area contributed by atoms with Crippen LogP contribution in [0.25, 0.3) is 0 Å². The molecule has 1 amide bonds. The zero-order chi connectivity index (χ0) is 18.7. The molecule has 2 aliphatic rings. The number of hydrogen-bond donors (Lipinski definition) is 2. The Balaban J connectivity index is 1.74. The van der Waals surface area contributed by atoms with Gasteiger partial charge in [0.25, 0.3) is 5.91 Å². The molecule has 2 N–H and O–H groups in total. The fourth-order valence-corrected chi connectivity index (χ4v) is 4.16. The zero-order valence-corrected chi connectivity index (χ0v) is 16.1. The molecule has 3 rings (SSSR count). The molecule has 7 heteroatoms. The van der Waals surface area contributed by atoms with E-state index in [-0.39, 0.29) is 18.1 Å². The number of carbonyl (C=O) groups is 1. The average molecular weight is 365 g/mol. The summed E-state index contributed by atoms with van der Waals surface area (Å²) in [6, 6.07) is 0. The van der Waals surface area contributed by atoms with E-state index in [1.165, 1.54) is 0 Å². The van der Waals surface area contributed by atoms with Crippen molar-refractivity contribution in [1.82, 2.24) is 15.1 Å². The lowest BCUT2D eigenvalue weighted by atomic mass is 9.97. The summed E-state index contributed by atoms with van der Waals surface area (Å²) in [5, 5.41) is 18.1. The van der Waals surface area contributed by atoms with E-state index in [0.717, 1.165) is 36.9 Å². The molecular formula is C19H31N3O4. The van der Waals surface area contributed by atoms with Crippen LogP contribution in [-0.2, 0) is 22.4 Å². The Bertz CT molecular complexity index is 637. The lowest BCUT2D eigenvalue weighted by Gasteiger charge is -2.25. The number of hydrogen-bond acceptors (Lipinski definition) is 5. The molecular weight excluding hydrogens is 334 g/mol. The van der Waals surface area contributed by atoms with Crippen LogP contribution >= 0.6 is 0 Å². The van der Waals surface area contributed by atoms with Crippen LogP contribution in [0, 0.1) is 0 Å². The third kappa shape index (κ3) is 4.10. The Morgan fingerprint density at radius 2 is 2.15 bits per heavy atom. The number of fused-ring (bicyclic) bond motifs is 1. The van der Waals surface area contributed by atoms with Gasteiger partial charge in [-0.1, -0.05) is 12.8 Å². The molecule has 1 aliphatic heterocycles. The van der Waals surface area contributed by atoms with Crippen molar-refractivity contribution in [1.29, 1.82) is 0 Å². The van der Waals surface area contributed by atoms with E-state index in [1.54, 1.807) is 11.8 Å². The van der Waals surface area contributed by atoms with Gasteiger partial charge in [-0.3, -0.25) is 9.48 Å². The highest BCUT2D eigenvalue weighted by Crippen LogP contribution is 2.33. The van der Waals surface area contributed by atoms with E-state index < -0.39 is 5.60 Å². The van der Waals surface area contributed by atoms with Gasteiger partial charge >= 0.3 is 0 Å². The molecule has 0 saturated heterocycles. The number of carbonyl (C=O) groups excluding carboxylic acids is 1. The molecule has 1 fully saturated rings. The van der Waals surface area contributed by atoms with Gasteiger partial charge < -0.3 is 19.9 Å². The Hall–Kier alpha value is -1.44. The summed E-state index contributed by atoms with van der Waals surface area (Å²) in [6.45, 7) is 5.48. The maximum Gasteiger partial charge on any atom is 0.269 e. The number of nitrogens with zero attached hydrogens (tertiary/aromatic N) is 2. The van der Waals surface area contributed by atoms with Crippen molar-refractivity contribution >= 4 is 5.91 Å². The predicted molar refractivity (Wildman–Crippen MR) is 97.1 cm³/mol. The van der Waals surface area contributed by atoms with Gasteiger partial charge in [0.1, 0.15) is 5.69 Å². The van der Waals surface area contributed by atoms with Crippen molar-refractivity contribution < 1.29 is 19.4 Å². The summed E-state index contributed by atoms with van der Waals surface area (Å²) in [6.07, 6.45) is 5.01. The minimum absolute atomic E-state index is 0.0586. The van der Waals surface area contributed by atoms with E-state index >= 15 is 0 Å². The van der Waals surface area contributed by atoms with Crippen LogP contribution in [0.4, 0.5) is 0 Å². The van der Waals surface area contributed by atoms with Gasteiger partial charge in [-0.25, -0.2) is 0 Å². The van der Waals surface area contributed by atoms with Crippen molar-refractivity contribution in [3.8, 4) is 0 Å². The van der Waals surface area contributed by atoms with Gasteiger partial charge in [-0.15, -0.1) is 0 Å². The summed E-state index contributed by atoms with van der Waals surface area (Å²) < 4.78 is 12.8. The predicted octanol–water partition coefficient (Wildman–Crippen LogP) is 1.98. The second-order valence-corrected chi connectivity index (χ2v) is 7.66. The molecule has 1 saturated carbocycles. The number of rotatable bonds is 7. The summed E-state index contributed by atoms with van der Waals surface area (Å²) in [4.78, 5) is 12.9. The Morgan fingerprint density at radius 1 is 1.42 bits per heavy atom. The molecule has 1 aliphatic carbocycles. The van der Waals surface area contributed by atoms with E-state index in [1.807, 2.05) is 13.8 Å². The average Bonchev–Trinajstić information content (AvgIpc) is 3.17. The highest BCUT2D eigenvalue weighted by Gasteiger charge is 2.33. The molecule has 7 nitrogen and oxygen atoms in total. The SMILES string of the molecule is COCCn1nc2c(c1C(=O)NCCC1(O)CCCC1)C[C@H](C)O[C@@H]2C. The maximum atomic E-state index is 12.9. The smallest absolute Gasteiger partial charge is 0.269 e. The van der Waals surface area contributed by atoms with Crippen molar-refractivity contribution in [2.75, 3.05) is 20.3 Å². The lowest BCUT2D eigenvalue weighted by Crippen LogP contribution is -2.34. The third-order valence-electron chi connectivity index (χ3n) is 5.53. The minimum Gasteiger partial charge on any atom is -0.390 e. The number of aromatic nitrogens is 2. The number of amides is 1. The first-order valence-electron chi connectivity index (χ1n) is 9.68. The summed E-state index contributed by atoms with van der Waals surface area (Å²) in [5.41, 5.74) is 1.82. The van der Waals surface area contributed by atoms with Gasteiger partial charge in [-0.2, -0.15) is 5.10 Å². The van der Waals surface area contributed by atoms with Crippen LogP contribution in [-0.4, -0.2) is 52.8 Å². The molecule has 2 atom stereocenters. The Labute approximate surface area is 155 Å². The fourth-order valence-electron chi connectivity index (χ4n) is 4.16. The van der Waals surface area contributed by atoms with Gasteiger partial charge in [0.05, 0.1) is 36.7 Å². The number of ether oxygens (including phenoxy) is 2. The summed E-state index contributed by atoms with van der Waals surface area (Å²) in [7, 11) is 1.64. The highest BCUT2D eigenvalue weighted by atomic mass is 16.5. The van der Waals surface area contributed by atoms with Crippen molar-refractivity contribution in [2.24, 2.45) is 0 Å². The lowest BCUT2D eigenvalue weighted by molar-refractivity contribution is -0.00716. The zero-order valence-electron chi connectivity index (χ0n) is 16.1. The van der Waals surface area contributed by atoms with E-state index in [2.05, 4.69) is 10.4 Å². The third-order valence-corrected chi connectivity index (χ3v) is 5.53. The molecule has 1 aromatic heterocycles. The maximum absolute atomic E-state index is 12.9. The first-order valence-corrected chi connectivity index (χ1v) is 9.68. The molecule has 0 aromatic carbocycles. The van der Waals surface area contributed by atoms with Crippen molar-refractivity contribution in [2.45, 2.75) is 76.7 Å². The van der Waals surface area contributed by atoms with Crippen LogP contribution in [0.5, 0.6) is 0 Å².